The maximum absolute atomic E-state index is 6.92. The van der Waals surface area contributed by atoms with E-state index in [-0.39, 0.29) is 0 Å². The molecule has 2 heterocycles. The second-order valence-corrected chi connectivity index (χ2v) is 16.3. The number of aryl methyl sites for hydroxylation is 1. The summed E-state index contributed by atoms with van der Waals surface area (Å²) in [6, 6.07) is 10.2. The second kappa shape index (κ2) is 6.39. The molecule has 7 heteroatoms. The van der Waals surface area contributed by atoms with Crippen LogP contribution in [-0.4, -0.2) is 38.9 Å². The zero-order valence-corrected chi connectivity index (χ0v) is 15.5. The van der Waals surface area contributed by atoms with Gasteiger partial charge in [0.15, 0.2) is 0 Å². The molecule has 0 N–H and O–H groups in total. The molecule has 0 atom stereocenters. The molecule has 21 heavy (non-hydrogen) atoms. The van der Waals surface area contributed by atoms with E-state index in [9.17, 15) is 0 Å². The molecule has 1 aromatic heterocycles. The molecule has 0 spiro atoms. The van der Waals surface area contributed by atoms with E-state index in [2.05, 4.69) is 20.2 Å². The molecule has 0 bridgehead atoms. The van der Waals surface area contributed by atoms with E-state index < -0.39 is 13.8 Å². The third-order valence-electron chi connectivity index (χ3n) is 3.28. The Morgan fingerprint density at radius 2 is 1.71 bits per heavy atom. The Labute approximate surface area is 135 Å². The van der Waals surface area contributed by atoms with Crippen LogP contribution < -0.4 is 0 Å². The number of morpholine rings is 1. The van der Waals surface area contributed by atoms with Crippen molar-refractivity contribution in [3.63, 3.8) is 0 Å². The zero-order valence-electron chi connectivity index (χ0n) is 11.7. The number of rotatable bonds is 2. The molecule has 1 fully saturated rings. The van der Waals surface area contributed by atoms with E-state index >= 15 is 0 Å². The number of halogens is 2. The molecule has 4 nitrogen and oxygen atoms in total. The van der Waals surface area contributed by atoms with Crippen molar-refractivity contribution in [3.05, 3.63) is 46.5 Å². The third kappa shape index (κ3) is 3.06. The van der Waals surface area contributed by atoms with Gasteiger partial charge in [0, 0.05) is 0 Å². The summed E-state index contributed by atoms with van der Waals surface area (Å²) in [6.45, 7) is 2.98. The summed E-state index contributed by atoms with van der Waals surface area (Å²) in [6.07, 6.45) is 4.03. The summed E-state index contributed by atoms with van der Waals surface area (Å²) in [5.74, 6) is 0. The van der Waals surface area contributed by atoms with Crippen molar-refractivity contribution in [3.8, 4) is 5.69 Å². The molecule has 1 aliphatic heterocycles. The third-order valence-corrected chi connectivity index (χ3v) is 12.9. The van der Waals surface area contributed by atoms with Gasteiger partial charge < -0.3 is 0 Å². The summed E-state index contributed by atoms with van der Waals surface area (Å²) in [5, 5.41) is 0. The van der Waals surface area contributed by atoms with E-state index in [0.29, 0.717) is 13.2 Å². The standard InChI is InChI=1S/C10H10N2.C4H8NO.2ClH.Pt/c1-11-7-8-12(9-11)10-5-3-2-4-6-10;1-3-6-4-2-5-1;;;/h2-8H,1H3;1-4H2;2*1H;/q;-1;;;+3/p-2. The molecule has 0 saturated carbocycles. The van der Waals surface area contributed by atoms with Crippen LogP contribution in [0, 0.1) is 3.80 Å². The number of imidazole rings is 1. The van der Waals surface area contributed by atoms with Gasteiger partial charge in [-0.2, -0.15) is 0 Å². The molecule has 0 radical (unpaired) electrons. The SMILES string of the molecule is Cn1ccn(-c2ccccc2)[c]1=[Pt]([Cl])([Cl])[N]1CCOCC1. The molecule has 119 valence electrons. The topological polar surface area (TPSA) is 22.3 Å². The molecule has 1 aliphatic rings. The van der Waals surface area contributed by atoms with Crippen LogP contribution in [0.3, 0.4) is 0 Å². The van der Waals surface area contributed by atoms with Gasteiger partial charge in [0.05, 0.1) is 0 Å². The summed E-state index contributed by atoms with van der Waals surface area (Å²) in [7, 11) is 15.8. The molecule has 0 aliphatic carbocycles. The van der Waals surface area contributed by atoms with Crippen molar-refractivity contribution in [2.45, 2.75) is 0 Å². The van der Waals surface area contributed by atoms with Crippen molar-refractivity contribution in [1.29, 1.82) is 0 Å². The Balaban J connectivity index is 2.21. The van der Waals surface area contributed by atoms with Crippen LogP contribution in [0.2, 0.25) is 0 Å². The molecular weight excluding hydrogens is 492 g/mol. The normalized spacial score (nSPS) is 17.9. The average Bonchev–Trinajstić information content (AvgIpc) is 2.91. The van der Waals surface area contributed by atoms with Gasteiger partial charge in [0.2, 0.25) is 0 Å². The summed E-state index contributed by atoms with van der Waals surface area (Å²) in [5.41, 5.74) is 1.08. The molecule has 3 rings (SSSR count). The van der Waals surface area contributed by atoms with Gasteiger partial charge in [-0.25, -0.2) is 0 Å². The van der Waals surface area contributed by atoms with Crippen molar-refractivity contribution < 1.29 is 18.5 Å². The molecular formula is C14H18Cl2N3OPt. The predicted molar refractivity (Wildman–Crippen MR) is 82.1 cm³/mol. The second-order valence-electron chi connectivity index (χ2n) is 4.68. The molecule has 0 amide bonds. The van der Waals surface area contributed by atoms with Crippen molar-refractivity contribution in [2.24, 2.45) is 7.05 Å². The fourth-order valence-corrected chi connectivity index (χ4v) is 10.9. The Hall–Kier alpha value is -0.382. The van der Waals surface area contributed by atoms with Gasteiger partial charge in [-0.1, -0.05) is 0 Å². The summed E-state index contributed by atoms with van der Waals surface area (Å²) >= 11 is -3.28. The Bertz CT molecular complexity index is 699. The average molecular weight is 510 g/mol. The Morgan fingerprint density at radius 1 is 1.05 bits per heavy atom. The van der Waals surface area contributed by atoms with Crippen molar-refractivity contribution in [2.75, 3.05) is 26.3 Å². The van der Waals surface area contributed by atoms with Crippen LogP contribution in [0.5, 0.6) is 0 Å². The van der Waals surface area contributed by atoms with Gasteiger partial charge in [-0.15, -0.1) is 0 Å². The number of nitrogens with zero attached hydrogens (tertiary/aromatic N) is 3. The van der Waals surface area contributed by atoms with Gasteiger partial charge in [-0.3, -0.25) is 0 Å². The van der Waals surface area contributed by atoms with Gasteiger partial charge in [0.1, 0.15) is 0 Å². The van der Waals surface area contributed by atoms with Crippen molar-refractivity contribution in [1.82, 2.24) is 12.6 Å². The minimum absolute atomic E-state index is 0.695. The first-order valence-electron chi connectivity index (χ1n) is 6.63. The first-order valence-corrected chi connectivity index (χ1v) is 14.4. The number of para-hydroxylation sites is 1. The van der Waals surface area contributed by atoms with Crippen LogP contribution in [0.4, 0.5) is 0 Å². The quantitative estimate of drug-likeness (QED) is 0.620. The van der Waals surface area contributed by atoms with Crippen LogP contribution in [-0.2, 0) is 25.6 Å². The van der Waals surface area contributed by atoms with E-state index in [0.717, 1.165) is 22.6 Å². The zero-order chi connectivity index (χ0) is 14.9. The fourth-order valence-electron chi connectivity index (χ4n) is 2.25. The van der Waals surface area contributed by atoms with Crippen LogP contribution >= 0.6 is 18.8 Å². The van der Waals surface area contributed by atoms with Crippen molar-refractivity contribution >= 4 is 18.8 Å². The van der Waals surface area contributed by atoms with E-state index in [4.69, 9.17) is 23.6 Å². The van der Waals surface area contributed by atoms with E-state index in [1.807, 2.05) is 42.2 Å². The molecule has 1 aromatic carbocycles. The van der Waals surface area contributed by atoms with Gasteiger partial charge in [-0.05, 0) is 0 Å². The summed E-state index contributed by atoms with van der Waals surface area (Å²) in [4.78, 5) is 0. The fraction of sp³-hybridized carbons (Fsp3) is 0.357. The van der Waals surface area contributed by atoms with Gasteiger partial charge >= 0.3 is 136 Å². The minimum atomic E-state index is -3.28. The Kier molecular flexibility index (Phi) is 4.72. The van der Waals surface area contributed by atoms with Crippen LogP contribution in [0.1, 0.15) is 0 Å². The van der Waals surface area contributed by atoms with Crippen LogP contribution in [0.25, 0.3) is 5.69 Å². The number of aromatic nitrogens is 2. The predicted octanol–water partition coefficient (Wildman–Crippen LogP) is 3.06. The first kappa shape index (κ1) is 15.5. The molecule has 1 saturated heterocycles. The van der Waals surface area contributed by atoms with Crippen LogP contribution in [0.15, 0.2) is 42.7 Å². The number of hydrogen-bond donors (Lipinski definition) is 0. The first-order chi connectivity index (χ1) is 10.1. The number of hydrogen-bond acceptors (Lipinski definition) is 2. The van der Waals surface area contributed by atoms with Gasteiger partial charge in [0.25, 0.3) is 0 Å². The Morgan fingerprint density at radius 3 is 2.38 bits per heavy atom. The number of benzene rings is 1. The van der Waals surface area contributed by atoms with E-state index in [1.54, 1.807) is 0 Å². The monoisotopic (exact) mass is 509 g/mol. The van der Waals surface area contributed by atoms with E-state index in [1.165, 1.54) is 0 Å². The summed E-state index contributed by atoms with van der Waals surface area (Å²) < 4.78 is 12.8. The molecule has 2 aromatic rings. The maximum atomic E-state index is 6.92. The number of ether oxygens (including phenoxy) is 1. The molecule has 0 unspecified atom stereocenters.